The van der Waals surface area contributed by atoms with Crippen LogP contribution in [0.5, 0.6) is 0 Å². The summed E-state index contributed by atoms with van der Waals surface area (Å²) in [6.45, 7) is 6.45. The number of carbonyl (C=O) groups is 2. The zero-order chi connectivity index (χ0) is 20.7. The van der Waals surface area contributed by atoms with Crippen LogP contribution in [0.1, 0.15) is 31.9 Å². The van der Waals surface area contributed by atoms with Crippen molar-refractivity contribution in [3.8, 4) is 0 Å². The second-order valence-electron chi connectivity index (χ2n) is 7.23. The Morgan fingerprint density at radius 1 is 1.07 bits per heavy atom. The van der Waals surface area contributed by atoms with Gasteiger partial charge in [-0.3, -0.25) is 9.59 Å². The van der Waals surface area contributed by atoms with Crippen molar-refractivity contribution >= 4 is 23.4 Å². The second-order valence-corrected chi connectivity index (χ2v) is 7.67. The van der Waals surface area contributed by atoms with Crippen molar-refractivity contribution in [2.24, 2.45) is 5.92 Å². The van der Waals surface area contributed by atoms with E-state index in [0.717, 1.165) is 5.56 Å². The Hall–Kier alpha value is -2.40. The van der Waals surface area contributed by atoms with Crippen molar-refractivity contribution in [3.63, 3.8) is 0 Å². The number of carbonyl (C=O) groups excluding carboxylic acids is 2. The van der Waals surface area contributed by atoms with Gasteiger partial charge in [-0.25, -0.2) is 4.39 Å². The fourth-order valence-corrected chi connectivity index (χ4v) is 2.85. The van der Waals surface area contributed by atoms with Gasteiger partial charge < -0.3 is 10.2 Å². The van der Waals surface area contributed by atoms with Crippen LogP contribution in [0.15, 0.2) is 48.5 Å². The molecule has 2 aromatic carbocycles. The summed E-state index contributed by atoms with van der Waals surface area (Å²) in [6.07, 6.45) is -0.109. The number of benzene rings is 2. The van der Waals surface area contributed by atoms with Crippen molar-refractivity contribution in [3.05, 3.63) is 70.5 Å². The minimum absolute atomic E-state index is 0.109. The van der Waals surface area contributed by atoms with Gasteiger partial charge in [0, 0.05) is 18.1 Å². The lowest BCUT2D eigenvalue weighted by molar-refractivity contribution is -0.140. The number of halogens is 2. The average Bonchev–Trinajstić information content (AvgIpc) is 2.66. The largest absolute Gasteiger partial charge is 0.354 e. The van der Waals surface area contributed by atoms with Gasteiger partial charge >= 0.3 is 0 Å². The van der Waals surface area contributed by atoms with Crippen molar-refractivity contribution in [1.29, 1.82) is 0 Å². The zero-order valence-electron chi connectivity index (χ0n) is 16.4. The standard InChI is InChI=1S/C22H26ClFN2O2/c1-15(2)13-25-22(28)16(3)26(14-17-8-10-19(23)11-9-17)21(27)12-18-6-4-5-7-20(18)24/h4-11,15-16H,12-14H2,1-3H3,(H,25,28). The van der Waals surface area contributed by atoms with Crippen LogP contribution in [-0.4, -0.2) is 29.3 Å². The van der Waals surface area contributed by atoms with Gasteiger partial charge in [-0.05, 0) is 42.2 Å². The maximum Gasteiger partial charge on any atom is 0.242 e. The minimum atomic E-state index is -0.686. The van der Waals surface area contributed by atoms with Gasteiger partial charge in [0.2, 0.25) is 11.8 Å². The molecule has 6 heteroatoms. The molecule has 0 bridgehead atoms. The third-order valence-corrected chi connectivity index (χ3v) is 4.67. The highest BCUT2D eigenvalue weighted by Gasteiger charge is 2.26. The van der Waals surface area contributed by atoms with Crippen LogP contribution in [-0.2, 0) is 22.6 Å². The highest BCUT2D eigenvalue weighted by molar-refractivity contribution is 6.30. The summed E-state index contributed by atoms with van der Waals surface area (Å²) in [4.78, 5) is 27.0. The molecule has 1 N–H and O–H groups in total. The maximum atomic E-state index is 14.0. The molecule has 0 aliphatic rings. The molecule has 2 rings (SSSR count). The molecule has 0 saturated heterocycles. The number of amides is 2. The summed E-state index contributed by atoms with van der Waals surface area (Å²) in [6, 6.07) is 12.6. The second kappa shape index (κ2) is 10.2. The van der Waals surface area contributed by atoms with E-state index in [4.69, 9.17) is 11.6 Å². The van der Waals surface area contributed by atoms with Gasteiger partial charge in [0.05, 0.1) is 6.42 Å². The molecule has 0 heterocycles. The van der Waals surface area contributed by atoms with E-state index in [0.29, 0.717) is 23.0 Å². The fourth-order valence-electron chi connectivity index (χ4n) is 2.73. The molecule has 0 radical (unpaired) electrons. The number of hydrogen-bond donors (Lipinski definition) is 1. The first kappa shape index (κ1) is 21.9. The van der Waals surface area contributed by atoms with E-state index in [1.807, 2.05) is 26.0 Å². The molecule has 0 aliphatic heterocycles. The lowest BCUT2D eigenvalue weighted by atomic mass is 10.1. The molecule has 28 heavy (non-hydrogen) atoms. The first-order valence-electron chi connectivity index (χ1n) is 9.33. The quantitative estimate of drug-likeness (QED) is 0.716. The van der Waals surface area contributed by atoms with Gasteiger partial charge in [0.25, 0.3) is 0 Å². The number of hydrogen-bond acceptors (Lipinski definition) is 2. The Bertz CT molecular complexity index is 808. The molecule has 2 amide bonds. The van der Waals surface area contributed by atoms with Crippen LogP contribution in [0.4, 0.5) is 4.39 Å². The molecular weight excluding hydrogens is 379 g/mol. The molecule has 4 nitrogen and oxygen atoms in total. The summed E-state index contributed by atoms with van der Waals surface area (Å²) in [5.41, 5.74) is 1.15. The normalized spacial score (nSPS) is 11.9. The average molecular weight is 405 g/mol. The van der Waals surface area contributed by atoms with Crippen molar-refractivity contribution in [2.75, 3.05) is 6.54 Å². The lowest BCUT2D eigenvalue weighted by Crippen LogP contribution is -2.48. The van der Waals surface area contributed by atoms with Crippen LogP contribution >= 0.6 is 11.6 Å². The van der Waals surface area contributed by atoms with E-state index in [1.165, 1.54) is 11.0 Å². The third kappa shape index (κ3) is 6.34. The van der Waals surface area contributed by atoms with Crippen molar-refractivity contribution < 1.29 is 14.0 Å². The predicted molar refractivity (Wildman–Crippen MR) is 109 cm³/mol. The van der Waals surface area contributed by atoms with Crippen LogP contribution < -0.4 is 5.32 Å². The van der Waals surface area contributed by atoms with E-state index in [2.05, 4.69) is 5.32 Å². The Morgan fingerprint density at radius 3 is 2.32 bits per heavy atom. The highest BCUT2D eigenvalue weighted by atomic mass is 35.5. The molecular formula is C22H26ClFN2O2. The molecule has 0 saturated carbocycles. The SMILES string of the molecule is CC(C)CNC(=O)C(C)N(Cc1ccc(Cl)cc1)C(=O)Cc1ccccc1F. The maximum absolute atomic E-state index is 14.0. The summed E-state index contributed by atoms with van der Waals surface area (Å²) in [7, 11) is 0. The van der Waals surface area contributed by atoms with Crippen molar-refractivity contribution in [1.82, 2.24) is 10.2 Å². The molecule has 2 aromatic rings. The van der Waals surface area contributed by atoms with E-state index in [-0.39, 0.29) is 24.8 Å². The first-order valence-corrected chi connectivity index (χ1v) is 9.70. The molecule has 0 fully saturated rings. The number of rotatable bonds is 8. The molecule has 0 spiro atoms. The Morgan fingerprint density at radius 2 is 1.71 bits per heavy atom. The monoisotopic (exact) mass is 404 g/mol. The van der Waals surface area contributed by atoms with Gasteiger partial charge in [0.15, 0.2) is 0 Å². The van der Waals surface area contributed by atoms with Crippen LogP contribution in [0.3, 0.4) is 0 Å². The summed E-state index contributed by atoms with van der Waals surface area (Å²) < 4.78 is 14.0. The number of nitrogens with zero attached hydrogens (tertiary/aromatic N) is 1. The van der Waals surface area contributed by atoms with E-state index in [1.54, 1.807) is 37.3 Å². The van der Waals surface area contributed by atoms with Crippen LogP contribution in [0.25, 0.3) is 0 Å². The zero-order valence-corrected chi connectivity index (χ0v) is 17.2. The Kier molecular flexibility index (Phi) is 8.00. The predicted octanol–water partition coefficient (Wildman–Crippen LogP) is 4.21. The van der Waals surface area contributed by atoms with Gasteiger partial charge in [-0.2, -0.15) is 0 Å². The summed E-state index contributed by atoms with van der Waals surface area (Å²) in [5, 5.41) is 3.45. The lowest BCUT2D eigenvalue weighted by Gasteiger charge is -2.29. The highest BCUT2D eigenvalue weighted by Crippen LogP contribution is 2.16. The molecule has 0 aromatic heterocycles. The van der Waals surface area contributed by atoms with Gasteiger partial charge in [0.1, 0.15) is 11.9 Å². The van der Waals surface area contributed by atoms with Crippen molar-refractivity contribution in [2.45, 2.75) is 39.8 Å². The fraction of sp³-hybridized carbons (Fsp3) is 0.364. The van der Waals surface area contributed by atoms with Crippen LogP contribution in [0.2, 0.25) is 5.02 Å². The van der Waals surface area contributed by atoms with E-state index < -0.39 is 11.9 Å². The number of nitrogens with one attached hydrogen (secondary N) is 1. The summed E-state index contributed by atoms with van der Waals surface area (Å²) in [5.74, 6) is -0.675. The summed E-state index contributed by atoms with van der Waals surface area (Å²) >= 11 is 5.93. The molecule has 150 valence electrons. The van der Waals surface area contributed by atoms with E-state index >= 15 is 0 Å². The molecule has 1 atom stereocenters. The first-order chi connectivity index (χ1) is 13.3. The Balaban J connectivity index is 2.21. The van der Waals surface area contributed by atoms with Crippen LogP contribution in [0, 0.1) is 11.7 Å². The van der Waals surface area contributed by atoms with Gasteiger partial charge in [-0.1, -0.05) is 55.8 Å². The Labute approximate surface area is 170 Å². The smallest absolute Gasteiger partial charge is 0.242 e. The minimum Gasteiger partial charge on any atom is -0.354 e. The van der Waals surface area contributed by atoms with E-state index in [9.17, 15) is 14.0 Å². The molecule has 1 unspecified atom stereocenters. The van der Waals surface area contributed by atoms with Gasteiger partial charge in [-0.15, -0.1) is 0 Å². The molecule has 0 aliphatic carbocycles. The third-order valence-electron chi connectivity index (χ3n) is 4.42. The topological polar surface area (TPSA) is 49.4 Å².